The van der Waals surface area contributed by atoms with Crippen LogP contribution < -0.4 is 5.32 Å². The summed E-state index contributed by atoms with van der Waals surface area (Å²) in [5, 5.41) is 2.99. The highest BCUT2D eigenvalue weighted by molar-refractivity contribution is 7.89. The van der Waals surface area contributed by atoms with Gasteiger partial charge in [-0.3, -0.25) is 4.79 Å². The lowest BCUT2D eigenvalue weighted by Crippen LogP contribution is -2.48. The number of piperidine rings is 1. The second kappa shape index (κ2) is 7.21. The molecule has 1 unspecified atom stereocenters. The van der Waals surface area contributed by atoms with Crippen LogP contribution in [-0.2, 0) is 19.6 Å². The van der Waals surface area contributed by atoms with Gasteiger partial charge in [-0.2, -0.15) is 4.31 Å². The number of nitrogens with one attached hydrogen (secondary N) is 1. The van der Waals surface area contributed by atoms with Crippen LogP contribution in [0.5, 0.6) is 0 Å². The van der Waals surface area contributed by atoms with Crippen LogP contribution in [0.1, 0.15) is 31.2 Å². The Morgan fingerprint density at radius 1 is 1.17 bits per heavy atom. The molecule has 0 aromatic heterocycles. The number of carbonyl (C=O) groups excluding carboxylic acids is 1. The average Bonchev–Trinajstić information content (AvgIpc) is 3.10. The van der Waals surface area contributed by atoms with Gasteiger partial charge in [-0.15, -0.1) is 0 Å². The number of carbonyl (C=O) groups is 1. The van der Waals surface area contributed by atoms with Gasteiger partial charge in [-0.25, -0.2) is 8.42 Å². The average molecular weight is 352 g/mol. The second-order valence-electron chi connectivity index (χ2n) is 6.50. The van der Waals surface area contributed by atoms with Gasteiger partial charge in [0, 0.05) is 25.7 Å². The van der Waals surface area contributed by atoms with E-state index in [0.717, 1.165) is 18.4 Å². The van der Waals surface area contributed by atoms with Gasteiger partial charge in [-0.05, 0) is 44.7 Å². The zero-order valence-electron chi connectivity index (χ0n) is 13.9. The molecule has 2 fully saturated rings. The maximum absolute atomic E-state index is 12.7. The Kier molecular flexibility index (Phi) is 5.22. The van der Waals surface area contributed by atoms with E-state index in [0.29, 0.717) is 37.4 Å². The Balaban J connectivity index is 1.56. The van der Waals surface area contributed by atoms with Crippen molar-refractivity contribution in [1.29, 1.82) is 0 Å². The third kappa shape index (κ3) is 3.79. The van der Waals surface area contributed by atoms with Gasteiger partial charge in [0.25, 0.3) is 0 Å². The second-order valence-corrected chi connectivity index (χ2v) is 8.44. The van der Waals surface area contributed by atoms with Crippen molar-refractivity contribution in [3.05, 3.63) is 29.8 Å². The Morgan fingerprint density at radius 3 is 2.42 bits per heavy atom. The number of benzene rings is 1. The Labute approximate surface area is 143 Å². The van der Waals surface area contributed by atoms with E-state index in [-0.39, 0.29) is 18.1 Å². The SMILES string of the molecule is Cc1ccc(S(=O)(=O)N2CCC(NC(=O)C3CCCO3)CC2)cc1. The summed E-state index contributed by atoms with van der Waals surface area (Å²) in [5.41, 5.74) is 1.03. The molecule has 0 spiro atoms. The molecule has 0 saturated carbocycles. The number of sulfonamides is 1. The van der Waals surface area contributed by atoms with Crippen LogP contribution in [0.2, 0.25) is 0 Å². The van der Waals surface area contributed by atoms with E-state index in [1.54, 1.807) is 12.1 Å². The fourth-order valence-electron chi connectivity index (χ4n) is 3.18. The molecule has 1 aromatic rings. The molecular weight excluding hydrogens is 328 g/mol. The van der Waals surface area contributed by atoms with Crippen LogP contribution in [0.3, 0.4) is 0 Å². The number of aryl methyl sites for hydroxylation is 1. The number of rotatable bonds is 4. The molecular formula is C17H24N2O4S. The highest BCUT2D eigenvalue weighted by Gasteiger charge is 2.31. The molecule has 0 bridgehead atoms. The summed E-state index contributed by atoms with van der Waals surface area (Å²) in [6, 6.07) is 6.93. The van der Waals surface area contributed by atoms with Gasteiger partial charge in [-0.1, -0.05) is 17.7 Å². The third-order valence-corrected chi connectivity index (χ3v) is 6.59. The fourth-order valence-corrected chi connectivity index (χ4v) is 4.65. The van der Waals surface area contributed by atoms with Crippen LogP contribution in [0.15, 0.2) is 29.2 Å². The minimum atomic E-state index is -3.45. The molecule has 1 atom stereocenters. The largest absolute Gasteiger partial charge is 0.368 e. The number of hydrogen-bond donors (Lipinski definition) is 1. The summed E-state index contributed by atoms with van der Waals surface area (Å²) < 4.78 is 32.2. The molecule has 2 saturated heterocycles. The van der Waals surface area contributed by atoms with Crippen molar-refractivity contribution >= 4 is 15.9 Å². The molecule has 2 aliphatic heterocycles. The molecule has 2 aliphatic rings. The summed E-state index contributed by atoms with van der Waals surface area (Å²) in [7, 11) is -3.45. The minimum Gasteiger partial charge on any atom is -0.368 e. The van der Waals surface area contributed by atoms with Gasteiger partial charge in [0.1, 0.15) is 6.10 Å². The smallest absolute Gasteiger partial charge is 0.249 e. The van der Waals surface area contributed by atoms with Gasteiger partial charge in [0.2, 0.25) is 15.9 Å². The number of ether oxygens (including phenoxy) is 1. The molecule has 1 amide bonds. The highest BCUT2D eigenvalue weighted by Crippen LogP contribution is 2.21. The first-order valence-corrected chi connectivity index (χ1v) is 9.89. The molecule has 2 heterocycles. The molecule has 7 heteroatoms. The first-order valence-electron chi connectivity index (χ1n) is 8.45. The van der Waals surface area contributed by atoms with Crippen LogP contribution >= 0.6 is 0 Å². The first kappa shape index (κ1) is 17.4. The summed E-state index contributed by atoms with van der Waals surface area (Å²) in [6.07, 6.45) is 2.62. The van der Waals surface area contributed by atoms with E-state index in [4.69, 9.17) is 4.74 Å². The van der Waals surface area contributed by atoms with Crippen molar-refractivity contribution in [3.8, 4) is 0 Å². The molecule has 24 heavy (non-hydrogen) atoms. The van der Waals surface area contributed by atoms with Crippen molar-refractivity contribution in [2.75, 3.05) is 19.7 Å². The lowest BCUT2D eigenvalue weighted by molar-refractivity contribution is -0.131. The Morgan fingerprint density at radius 2 is 1.83 bits per heavy atom. The minimum absolute atomic E-state index is 0.0196. The molecule has 3 rings (SSSR count). The van der Waals surface area contributed by atoms with Gasteiger partial charge >= 0.3 is 0 Å². The van der Waals surface area contributed by atoms with Gasteiger partial charge in [0.05, 0.1) is 4.90 Å². The zero-order chi connectivity index (χ0) is 17.2. The monoisotopic (exact) mass is 352 g/mol. The summed E-state index contributed by atoms with van der Waals surface area (Å²) in [5.74, 6) is -0.0626. The van der Waals surface area contributed by atoms with Gasteiger partial charge in [0.15, 0.2) is 0 Å². The molecule has 132 valence electrons. The topological polar surface area (TPSA) is 75.7 Å². The zero-order valence-corrected chi connectivity index (χ0v) is 14.7. The van der Waals surface area contributed by atoms with Crippen LogP contribution in [0, 0.1) is 6.92 Å². The van der Waals surface area contributed by atoms with E-state index in [9.17, 15) is 13.2 Å². The maximum Gasteiger partial charge on any atom is 0.249 e. The Bertz CT molecular complexity index is 673. The lowest BCUT2D eigenvalue weighted by Gasteiger charge is -2.32. The fraction of sp³-hybridized carbons (Fsp3) is 0.588. The van der Waals surface area contributed by atoms with Crippen molar-refractivity contribution < 1.29 is 17.9 Å². The maximum atomic E-state index is 12.7. The lowest BCUT2D eigenvalue weighted by atomic mass is 10.1. The predicted octanol–water partition coefficient (Wildman–Crippen LogP) is 1.44. The molecule has 1 N–H and O–H groups in total. The molecule has 1 aromatic carbocycles. The van der Waals surface area contributed by atoms with E-state index in [1.807, 2.05) is 19.1 Å². The quantitative estimate of drug-likeness (QED) is 0.890. The molecule has 6 nitrogen and oxygen atoms in total. The normalized spacial score (nSPS) is 23.3. The van der Waals surface area contributed by atoms with Crippen molar-refractivity contribution in [1.82, 2.24) is 9.62 Å². The first-order chi connectivity index (χ1) is 11.5. The van der Waals surface area contributed by atoms with E-state index in [1.165, 1.54) is 4.31 Å². The van der Waals surface area contributed by atoms with Crippen molar-refractivity contribution in [3.63, 3.8) is 0 Å². The number of nitrogens with zero attached hydrogens (tertiary/aromatic N) is 1. The number of amides is 1. The third-order valence-electron chi connectivity index (χ3n) is 4.68. The van der Waals surface area contributed by atoms with E-state index < -0.39 is 10.0 Å². The summed E-state index contributed by atoms with van der Waals surface area (Å²) >= 11 is 0. The van der Waals surface area contributed by atoms with Crippen LogP contribution in [0.4, 0.5) is 0 Å². The standard InChI is InChI=1S/C17H24N2O4S/c1-13-4-6-15(7-5-13)24(21,22)19-10-8-14(9-11-19)18-17(20)16-3-2-12-23-16/h4-7,14,16H,2-3,8-12H2,1H3,(H,18,20). The summed E-state index contributed by atoms with van der Waals surface area (Å²) in [4.78, 5) is 12.4. The highest BCUT2D eigenvalue weighted by atomic mass is 32.2. The predicted molar refractivity (Wildman–Crippen MR) is 90.1 cm³/mol. The number of hydrogen-bond acceptors (Lipinski definition) is 4. The van der Waals surface area contributed by atoms with Crippen molar-refractivity contribution in [2.45, 2.75) is 49.6 Å². The van der Waals surface area contributed by atoms with Crippen molar-refractivity contribution in [2.24, 2.45) is 0 Å². The van der Waals surface area contributed by atoms with Crippen LogP contribution in [0.25, 0.3) is 0 Å². The van der Waals surface area contributed by atoms with Crippen LogP contribution in [-0.4, -0.2) is 50.5 Å². The van der Waals surface area contributed by atoms with E-state index >= 15 is 0 Å². The Hall–Kier alpha value is -1.44. The van der Waals surface area contributed by atoms with E-state index in [2.05, 4.69) is 5.32 Å². The molecule has 0 aliphatic carbocycles. The molecule has 0 radical (unpaired) electrons. The van der Waals surface area contributed by atoms with Gasteiger partial charge < -0.3 is 10.1 Å². The summed E-state index contributed by atoms with van der Waals surface area (Å²) in [6.45, 7) is 3.42.